The second-order valence-electron chi connectivity index (χ2n) is 8.57. The number of epoxide rings is 1. The molecule has 1 aromatic rings. The van der Waals surface area contributed by atoms with E-state index in [0.29, 0.717) is 19.3 Å². The van der Waals surface area contributed by atoms with Gasteiger partial charge in [0.1, 0.15) is 24.6 Å². The Hall–Kier alpha value is -2.14. The van der Waals surface area contributed by atoms with Crippen molar-refractivity contribution in [2.24, 2.45) is 11.8 Å². The van der Waals surface area contributed by atoms with E-state index in [1.165, 1.54) is 12.1 Å². The van der Waals surface area contributed by atoms with Gasteiger partial charge in [0.15, 0.2) is 0 Å². The molecule has 1 saturated heterocycles. The van der Waals surface area contributed by atoms with Crippen LogP contribution in [-0.2, 0) is 15.7 Å². The zero-order valence-electron chi connectivity index (χ0n) is 17.9. The van der Waals surface area contributed by atoms with Gasteiger partial charge in [0, 0.05) is 12.3 Å². The normalized spacial score (nSPS) is 30.5. The number of aliphatic hydroxyl groups is 3. The average molecular weight is 474 g/mol. The maximum absolute atomic E-state index is 12.8. The second-order valence-corrected chi connectivity index (χ2v) is 8.57. The number of allylic oxidation sites excluding steroid dienone is 2. The summed E-state index contributed by atoms with van der Waals surface area (Å²) < 4.78 is 49.3. The minimum absolute atomic E-state index is 0.0247. The second kappa shape index (κ2) is 10.9. The monoisotopic (exact) mass is 474 g/mol. The molecule has 2 fully saturated rings. The first-order valence-electron chi connectivity index (χ1n) is 10.9. The van der Waals surface area contributed by atoms with E-state index in [1.54, 1.807) is 0 Å². The van der Waals surface area contributed by atoms with Gasteiger partial charge in [0.2, 0.25) is 0 Å². The van der Waals surface area contributed by atoms with Crippen LogP contribution in [0.5, 0.6) is 5.75 Å². The molecule has 1 aliphatic carbocycles. The van der Waals surface area contributed by atoms with E-state index in [0.717, 1.165) is 12.1 Å². The number of halogens is 3. The van der Waals surface area contributed by atoms with Crippen LogP contribution in [0.2, 0.25) is 0 Å². The lowest BCUT2D eigenvalue weighted by molar-refractivity contribution is -0.138. The molecule has 7 nitrogen and oxygen atoms in total. The van der Waals surface area contributed by atoms with Crippen molar-refractivity contribution in [2.45, 2.75) is 68.8 Å². The standard InChI is InChI=1S/C23H29F3O7/c24-23(25,26)13-6-5-7-14(10-13)32-12-18(29)21-22(33-21)20-15(16(27)11-17(20)28)8-3-1-2-4-9-19(30)31/h1,3,5-7,10,15-18,20-22,27-29H,2,4,8-9,11-12H2,(H,30,31)/b3-1-/t15-,16-,17+,18?,20+,21?,22+/m0/s1. The van der Waals surface area contributed by atoms with Crippen molar-refractivity contribution in [3.05, 3.63) is 42.0 Å². The van der Waals surface area contributed by atoms with Crippen molar-refractivity contribution in [3.8, 4) is 5.75 Å². The molecule has 1 saturated carbocycles. The molecule has 2 unspecified atom stereocenters. The number of benzene rings is 1. The number of ether oxygens (including phenoxy) is 2. The van der Waals surface area contributed by atoms with Gasteiger partial charge in [-0.2, -0.15) is 13.2 Å². The molecular weight excluding hydrogens is 445 g/mol. The summed E-state index contributed by atoms with van der Waals surface area (Å²) in [7, 11) is 0. The number of carboxylic acids is 1. The number of alkyl halides is 3. The van der Waals surface area contributed by atoms with Gasteiger partial charge in [-0.05, 0) is 49.8 Å². The Bertz CT molecular complexity index is 829. The molecule has 0 spiro atoms. The molecular formula is C23H29F3O7. The maximum atomic E-state index is 12.8. The zero-order valence-corrected chi connectivity index (χ0v) is 17.9. The quantitative estimate of drug-likeness (QED) is 0.221. The number of aliphatic carboxylic acids is 1. The number of rotatable bonds is 11. The highest BCUT2D eigenvalue weighted by Crippen LogP contribution is 2.46. The minimum Gasteiger partial charge on any atom is -0.491 e. The fourth-order valence-electron chi connectivity index (χ4n) is 4.43. The van der Waals surface area contributed by atoms with Crippen LogP contribution in [0.15, 0.2) is 36.4 Å². The van der Waals surface area contributed by atoms with Gasteiger partial charge >= 0.3 is 12.1 Å². The lowest BCUT2D eigenvalue weighted by Gasteiger charge is -2.21. The molecule has 3 rings (SSSR count). The molecule has 1 aliphatic heterocycles. The summed E-state index contributed by atoms with van der Waals surface area (Å²) in [5.74, 6) is -1.58. The molecule has 7 atom stereocenters. The number of unbranched alkanes of at least 4 members (excludes halogenated alkanes) is 1. The highest BCUT2D eigenvalue weighted by atomic mass is 19.4. The Morgan fingerprint density at radius 1 is 1.24 bits per heavy atom. The smallest absolute Gasteiger partial charge is 0.416 e. The van der Waals surface area contributed by atoms with Crippen LogP contribution in [0, 0.1) is 11.8 Å². The van der Waals surface area contributed by atoms with Crippen LogP contribution in [0.25, 0.3) is 0 Å². The molecule has 2 aliphatic rings. The van der Waals surface area contributed by atoms with Crippen molar-refractivity contribution in [2.75, 3.05) is 6.61 Å². The number of carboxylic acid groups (broad SMARTS) is 1. The lowest BCUT2D eigenvalue weighted by Crippen LogP contribution is -2.32. The third-order valence-electron chi connectivity index (χ3n) is 6.15. The predicted octanol–water partition coefficient (Wildman–Crippen LogP) is 2.77. The third-order valence-corrected chi connectivity index (χ3v) is 6.15. The summed E-state index contributed by atoms with van der Waals surface area (Å²) in [6.45, 7) is -0.276. The van der Waals surface area contributed by atoms with Gasteiger partial charge < -0.3 is 29.9 Å². The van der Waals surface area contributed by atoms with Gasteiger partial charge in [-0.1, -0.05) is 18.2 Å². The van der Waals surface area contributed by atoms with Crippen molar-refractivity contribution in [1.82, 2.24) is 0 Å². The topological polar surface area (TPSA) is 120 Å². The van der Waals surface area contributed by atoms with E-state index in [4.69, 9.17) is 14.6 Å². The molecule has 0 amide bonds. The van der Waals surface area contributed by atoms with Crippen molar-refractivity contribution in [1.29, 1.82) is 0 Å². The van der Waals surface area contributed by atoms with E-state index < -0.39 is 54.1 Å². The Balaban J connectivity index is 1.50. The van der Waals surface area contributed by atoms with Crippen LogP contribution < -0.4 is 4.74 Å². The molecule has 10 heteroatoms. The van der Waals surface area contributed by atoms with E-state index in [-0.39, 0.29) is 31.1 Å². The first-order valence-corrected chi connectivity index (χ1v) is 10.9. The molecule has 4 N–H and O–H groups in total. The van der Waals surface area contributed by atoms with Gasteiger partial charge in [0.05, 0.1) is 23.9 Å². The Labute approximate surface area is 189 Å². The van der Waals surface area contributed by atoms with Crippen LogP contribution in [0.4, 0.5) is 13.2 Å². The summed E-state index contributed by atoms with van der Waals surface area (Å²) in [6, 6.07) is 4.37. The molecule has 184 valence electrons. The van der Waals surface area contributed by atoms with Crippen LogP contribution >= 0.6 is 0 Å². The van der Waals surface area contributed by atoms with Crippen molar-refractivity contribution in [3.63, 3.8) is 0 Å². The first-order chi connectivity index (χ1) is 15.6. The lowest BCUT2D eigenvalue weighted by atomic mass is 9.86. The number of aliphatic hydroxyl groups excluding tert-OH is 3. The fraction of sp³-hybridized carbons (Fsp3) is 0.609. The van der Waals surface area contributed by atoms with Gasteiger partial charge in [-0.3, -0.25) is 4.79 Å². The third kappa shape index (κ3) is 6.92. The Morgan fingerprint density at radius 3 is 2.70 bits per heavy atom. The van der Waals surface area contributed by atoms with Crippen molar-refractivity contribution >= 4 is 5.97 Å². The summed E-state index contributed by atoms with van der Waals surface area (Å²) in [4.78, 5) is 10.5. The van der Waals surface area contributed by atoms with Crippen LogP contribution in [0.1, 0.15) is 37.7 Å². The number of hydrogen-bond acceptors (Lipinski definition) is 6. The Kier molecular flexibility index (Phi) is 8.38. The number of hydrogen-bond donors (Lipinski definition) is 4. The highest BCUT2D eigenvalue weighted by Gasteiger charge is 2.57. The molecule has 1 heterocycles. The zero-order chi connectivity index (χ0) is 24.2. The first kappa shape index (κ1) is 25.5. The van der Waals surface area contributed by atoms with Crippen LogP contribution in [-0.4, -0.2) is 63.5 Å². The van der Waals surface area contributed by atoms with Crippen molar-refractivity contribution < 1.29 is 47.9 Å². The summed E-state index contributed by atoms with van der Waals surface area (Å²) in [6.07, 6.45) is -2.76. The van der Waals surface area contributed by atoms with E-state index in [1.807, 2.05) is 12.2 Å². The SMILES string of the molecule is O=C(O)CCC/C=C\C[C@@H]1[C@@H]([C@H]2OC2C(O)COc2cccc(C(F)(F)F)c2)[C@H](O)C[C@@H]1O. The average Bonchev–Trinajstić information content (AvgIpc) is 3.47. The molecule has 0 bridgehead atoms. The molecule has 1 aromatic carbocycles. The molecule has 33 heavy (non-hydrogen) atoms. The minimum atomic E-state index is -4.50. The molecule has 0 aromatic heterocycles. The maximum Gasteiger partial charge on any atom is 0.416 e. The number of carbonyl (C=O) groups is 1. The largest absolute Gasteiger partial charge is 0.491 e. The van der Waals surface area contributed by atoms with Gasteiger partial charge in [-0.15, -0.1) is 0 Å². The Morgan fingerprint density at radius 2 is 2.00 bits per heavy atom. The predicted molar refractivity (Wildman–Crippen MR) is 110 cm³/mol. The summed E-state index contributed by atoms with van der Waals surface area (Å²) in [5.41, 5.74) is -0.850. The van der Waals surface area contributed by atoms with Gasteiger partial charge in [-0.25, -0.2) is 0 Å². The fourth-order valence-corrected chi connectivity index (χ4v) is 4.43. The summed E-state index contributed by atoms with van der Waals surface area (Å²) >= 11 is 0. The van der Waals surface area contributed by atoms with E-state index in [9.17, 15) is 33.3 Å². The summed E-state index contributed by atoms with van der Waals surface area (Å²) in [5, 5.41) is 39.8. The highest BCUT2D eigenvalue weighted by molar-refractivity contribution is 5.66. The van der Waals surface area contributed by atoms with Gasteiger partial charge in [0.25, 0.3) is 0 Å². The van der Waals surface area contributed by atoms with Crippen LogP contribution in [0.3, 0.4) is 0 Å². The van der Waals surface area contributed by atoms with E-state index >= 15 is 0 Å². The van der Waals surface area contributed by atoms with E-state index in [2.05, 4.69) is 0 Å². The molecule has 0 radical (unpaired) electrons.